The normalized spacial score (nSPS) is 13.8. The van der Waals surface area contributed by atoms with Crippen LogP contribution in [0.4, 0.5) is 29.0 Å². The second-order valence-corrected chi connectivity index (χ2v) is 8.21. The van der Waals surface area contributed by atoms with Gasteiger partial charge in [-0.3, -0.25) is 4.79 Å². The number of aromatic nitrogens is 3. The number of carbonyl (C=O) groups is 1. The maximum atomic E-state index is 11.4. The van der Waals surface area contributed by atoms with Crippen molar-refractivity contribution in [2.45, 2.75) is 20.8 Å². The lowest BCUT2D eigenvalue weighted by atomic mass is 10.1. The van der Waals surface area contributed by atoms with Gasteiger partial charge in [0.15, 0.2) is 0 Å². The maximum absolute atomic E-state index is 11.4. The topological polar surface area (TPSA) is 86.3 Å². The number of rotatable bonds is 5. The van der Waals surface area contributed by atoms with E-state index in [1.165, 1.54) is 30.1 Å². The van der Waals surface area contributed by atoms with Crippen LogP contribution in [0.25, 0.3) is 0 Å². The standard InChI is InChI=1S/C23H26ClN7O/c1-15-5-4-6-21(16(15)2)30-9-11-31(12-10-30)23-26-14-25-22(29-23)28-18-7-8-19(24)20(13-18)27-17(3)32/h4-8,13-14H,9-12H2,1-3H3,(H,27,32)(H,25,26,28,29). The Bertz CT molecular complexity index is 1130. The summed E-state index contributed by atoms with van der Waals surface area (Å²) in [5, 5.41) is 6.34. The molecule has 8 nitrogen and oxygen atoms in total. The smallest absolute Gasteiger partial charge is 0.231 e. The highest BCUT2D eigenvalue weighted by molar-refractivity contribution is 6.33. The minimum atomic E-state index is -0.188. The molecule has 0 unspecified atom stereocenters. The Hall–Kier alpha value is -3.39. The molecule has 1 aromatic heterocycles. The fourth-order valence-electron chi connectivity index (χ4n) is 3.74. The molecular formula is C23H26ClN7O. The molecule has 0 aliphatic carbocycles. The largest absolute Gasteiger partial charge is 0.368 e. The van der Waals surface area contributed by atoms with Gasteiger partial charge in [-0.1, -0.05) is 23.7 Å². The van der Waals surface area contributed by atoms with Crippen LogP contribution in [0.5, 0.6) is 0 Å². The number of amides is 1. The Kier molecular flexibility index (Phi) is 6.41. The Labute approximate surface area is 192 Å². The number of halogens is 1. The van der Waals surface area contributed by atoms with Gasteiger partial charge in [-0.2, -0.15) is 4.98 Å². The van der Waals surface area contributed by atoms with Gasteiger partial charge in [0.05, 0.1) is 10.7 Å². The van der Waals surface area contributed by atoms with Crippen molar-refractivity contribution in [2.75, 3.05) is 46.6 Å². The van der Waals surface area contributed by atoms with E-state index in [1.54, 1.807) is 18.2 Å². The number of anilines is 5. The number of nitrogens with one attached hydrogen (secondary N) is 2. The first kappa shape index (κ1) is 21.8. The molecule has 1 amide bonds. The van der Waals surface area contributed by atoms with Crippen molar-refractivity contribution in [1.82, 2.24) is 15.0 Å². The van der Waals surface area contributed by atoms with E-state index in [9.17, 15) is 4.79 Å². The van der Waals surface area contributed by atoms with Crippen molar-refractivity contribution in [3.8, 4) is 0 Å². The van der Waals surface area contributed by atoms with Gasteiger partial charge in [-0.15, -0.1) is 0 Å². The summed E-state index contributed by atoms with van der Waals surface area (Å²) in [6, 6.07) is 11.7. The predicted molar refractivity (Wildman–Crippen MR) is 129 cm³/mol. The fraction of sp³-hybridized carbons (Fsp3) is 0.304. The zero-order valence-corrected chi connectivity index (χ0v) is 19.1. The molecule has 1 aliphatic heterocycles. The molecule has 9 heteroatoms. The third-order valence-corrected chi connectivity index (χ3v) is 5.90. The van der Waals surface area contributed by atoms with E-state index in [1.807, 2.05) is 0 Å². The second-order valence-electron chi connectivity index (χ2n) is 7.80. The van der Waals surface area contributed by atoms with Crippen molar-refractivity contribution >= 4 is 46.5 Å². The van der Waals surface area contributed by atoms with E-state index < -0.39 is 0 Å². The van der Waals surface area contributed by atoms with E-state index in [-0.39, 0.29) is 5.91 Å². The highest BCUT2D eigenvalue weighted by Crippen LogP contribution is 2.27. The quantitative estimate of drug-likeness (QED) is 0.602. The Morgan fingerprint density at radius 3 is 2.53 bits per heavy atom. The zero-order chi connectivity index (χ0) is 22.7. The SMILES string of the molecule is CC(=O)Nc1cc(Nc2ncnc(N3CCN(c4cccc(C)c4C)CC3)n2)ccc1Cl. The van der Waals surface area contributed by atoms with Crippen molar-refractivity contribution in [3.63, 3.8) is 0 Å². The molecule has 2 heterocycles. The molecule has 0 bridgehead atoms. The number of benzene rings is 2. The van der Waals surface area contributed by atoms with Crippen molar-refractivity contribution in [1.29, 1.82) is 0 Å². The molecule has 1 saturated heterocycles. The lowest BCUT2D eigenvalue weighted by molar-refractivity contribution is -0.114. The predicted octanol–water partition coefficient (Wildman–Crippen LogP) is 4.17. The lowest BCUT2D eigenvalue weighted by Gasteiger charge is -2.37. The molecule has 2 N–H and O–H groups in total. The van der Waals surface area contributed by atoms with Gasteiger partial charge in [-0.25, -0.2) is 9.97 Å². The van der Waals surface area contributed by atoms with Crippen LogP contribution >= 0.6 is 11.6 Å². The molecular weight excluding hydrogens is 426 g/mol. The molecule has 3 aromatic rings. The zero-order valence-electron chi connectivity index (χ0n) is 18.4. The van der Waals surface area contributed by atoms with Crippen LogP contribution in [0, 0.1) is 13.8 Å². The number of nitrogens with zero attached hydrogens (tertiary/aromatic N) is 5. The minimum Gasteiger partial charge on any atom is -0.368 e. The lowest BCUT2D eigenvalue weighted by Crippen LogP contribution is -2.47. The first-order valence-corrected chi connectivity index (χ1v) is 10.9. The van der Waals surface area contributed by atoms with Gasteiger partial charge in [0.2, 0.25) is 17.8 Å². The molecule has 1 aliphatic rings. The van der Waals surface area contributed by atoms with Crippen LogP contribution in [0.15, 0.2) is 42.7 Å². The Morgan fingerprint density at radius 2 is 1.78 bits per heavy atom. The van der Waals surface area contributed by atoms with Crippen LogP contribution in [0.2, 0.25) is 5.02 Å². The summed E-state index contributed by atoms with van der Waals surface area (Å²) in [6.45, 7) is 9.21. The number of hydrogen-bond donors (Lipinski definition) is 2. The molecule has 0 atom stereocenters. The average Bonchev–Trinajstić information content (AvgIpc) is 2.78. The number of hydrogen-bond acceptors (Lipinski definition) is 7. The summed E-state index contributed by atoms with van der Waals surface area (Å²) in [4.78, 5) is 29.1. The van der Waals surface area contributed by atoms with Gasteiger partial charge >= 0.3 is 0 Å². The average molecular weight is 452 g/mol. The highest BCUT2D eigenvalue weighted by Gasteiger charge is 2.21. The monoisotopic (exact) mass is 451 g/mol. The summed E-state index contributed by atoms with van der Waals surface area (Å²) in [5.41, 5.74) is 5.17. The molecule has 0 saturated carbocycles. The number of aryl methyl sites for hydroxylation is 1. The molecule has 1 fully saturated rings. The van der Waals surface area contributed by atoms with Crippen molar-refractivity contribution < 1.29 is 4.79 Å². The van der Waals surface area contributed by atoms with E-state index in [2.05, 4.69) is 67.4 Å². The summed E-state index contributed by atoms with van der Waals surface area (Å²) in [7, 11) is 0. The molecule has 4 rings (SSSR count). The third-order valence-electron chi connectivity index (χ3n) is 5.57. The fourth-order valence-corrected chi connectivity index (χ4v) is 3.91. The highest BCUT2D eigenvalue weighted by atomic mass is 35.5. The maximum Gasteiger partial charge on any atom is 0.231 e. The first-order valence-electron chi connectivity index (χ1n) is 10.5. The van der Waals surface area contributed by atoms with Crippen LogP contribution in [0.1, 0.15) is 18.1 Å². The van der Waals surface area contributed by atoms with Gasteiger partial charge in [-0.05, 0) is 49.2 Å². The Morgan fingerprint density at radius 1 is 1.03 bits per heavy atom. The summed E-state index contributed by atoms with van der Waals surface area (Å²) < 4.78 is 0. The van der Waals surface area contributed by atoms with Crippen LogP contribution < -0.4 is 20.4 Å². The van der Waals surface area contributed by atoms with E-state index in [0.717, 1.165) is 31.9 Å². The third kappa shape index (κ3) is 4.91. The van der Waals surface area contributed by atoms with Crippen molar-refractivity contribution in [3.05, 3.63) is 58.9 Å². The minimum absolute atomic E-state index is 0.188. The molecule has 2 aromatic carbocycles. The van der Waals surface area contributed by atoms with E-state index in [4.69, 9.17) is 11.6 Å². The van der Waals surface area contributed by atoms with E-state index in [0.29, 0.717) is 22.6 Å². The molecule has 0 radical (unpaired) electrons. The summed E-state index contributed by atoms with van der Waals surface area (Å²) in [6.07, 6.45) is 1.51. The van der Waals surface area contributed by atoms with Crippen molar-refractivity contribution in [2.24, 2.45) is 0 Å². The molecule has 32 heavy (non-hydrogen) atoms. The number of carbonyl (C=O) groups excluding carboxylic acids is 1. The van der Waals surface area contributed by atoms with Crippen LogP contribution in [0.3, 0.4) is 0 Å². The van der Waals surface area contributed by atoms with E-state index >= 15 is 0 Å². The number of piperazine rings is 1. The second kappa shape index (κ2) is 9.40. The van der Waals surface area contributed by atoms with Gasteiger partial charge in [0.25, 0.3) is 0 Å². The summed E-state index contributed by atoms with van der Waals surface area (Å²) in [5.74, 6) is 0.883. The first-order chi connectivity index (χ1) is 15.4. The van der Waals surface area contributed by atoms with Gasteiger partial charge < -0.3 is 20.4 Å². The van der Waals surface area contributed by atoms with Gasteiger partial charge in [0, 0.05) is 44.5 Å². The molecule has 0 spiro atoms. The molecule has 166 valence electrons. The van der Waals surface area contributed by atoms with Crippen LogP contribution in [-0.2, 0) is 4.79 Å². The Balaban J connectivity index is 1.44. The van der Waals surface area contributed by atoms with Gasteiger partial charge in [0.1, 0.15) is 6.33 Å². The summed E-state index contributed by atoms with van der Waals surface area (Å²) >= 11 is 6.15. The van der Waals surface area contributed by atoms with Crippen LogP contribution in [-0.4, -0.2) is 47.0 Å².